The number of hydrogen-bond acceptors (Lipinski definition) is 6. The Kier molecular flexibility index (Phi) is 4.79. The number of anilines is 1. The van der Waals surface area contributed by atoms with Crippen molar-refractivity contribution in [2.24, 2.45) is 0 Å². The van der Waals surface area contributed by atoms with Gasteiger partial charge in [0.05, 0.1) is 5.69 Å². The predicted octanol–water partition coefficient (Wildman–Crippen LogP) is 3.87. The summed E-state index contributed by atoms with van der Waals surface area (Å²) in [6.07, 6.45) is 1.42. The molecule has 3 aromatic carbocycles. The van der Waals surface area contributed by atoms with Gasteiger partial charge in [0.2, 0.25) is 6.79 Å². The predicted molar refractivity (Wildman–Crippen MR) is 115 cm³/mol. The quantitative estimate of drug-likeness (QED) is 0.501. The second kappa shape index (κ2) is 7.92. The van der Waals surface area contributed by atoms with Gasteiger partial charge in [-0.2, -0.15) is 0 Å². The molecule has 0 saturated carbocycles. The normalized spacial score (nSPS) is 16.3. The molecule has 0 unspecified atom stereocenters. The van der Waals surface area contributed by atoms with Crippen LogP contribution in [-0.2, 0) is 9.59 Å². The second-order valence-electron chi connectivity index (χ2n) is 6.98. The Morgan fingerprint density at radius 2 is 1.62 bits per heavy atom. The third kappa shape index (κ3) is 3.65. The monoisotopic (exact) mass is 428 g/mol. The average Bonchev–Trinajstić information content (AvgIpc) is 3.26. The van der Waals surface area contributed by atoms with E-state index in [1.54, 1.807) is 36.4 Å². The smallest absolute Gasteiger partial charge is 0.335 e. The third-order valence-electron chi connectivity index (χ3n) is 4.86. The van der Waals surface area contributed by atoms with E-state index in [1.165, 1.54) is 12.1 Å². The molecule has 8 heteroatoms. The molecule has 0 aliphatic carbocycles. The fourth-order valence-corrected chi connectivity index (χ4v) is 3.38. The Balaban J connectivity index is 1.45. The first-order valence-corrected chi connectivity index (χ1v) is 9.72. The molecule has 4 amide bonds. The molecule has 0 radical (unpaired) electrons. The van der Waals surface area contributed by atoms with E-state index in [9.17, 15) is 14.4 Å². The second-order valence-corrected chi connectivity index (χ2v) is 6.98. The molecule has 2 aliphatic heterocycles. The van der Waals surface area contributed by atoms with Crippen LogP contribution in [-0.4, -0.2) is 24.6 Å². The minimum Gasteiger partial charge on any atom is -0.457 e. The third-order valence-corrected chi connectivity index (χ3v) is 4.86. The number of fused-ring (bicyclic) bond motifs is 1. The summed E-state index contributed by atoms with van der Waals surface area (Å²) in [7, 11) is 0. The summed E-state index contributed by atoms with van der Waals surface area (Å²) in [4.78, 5) is 38.8. The van der Waals surface area contributed by atoms with Crippen LogP contribution < -0.4 is 24.4 Å². The van der Waals surface area contributed by atoms with Gasteiger partial charge in [-0.15, -0.1) is 0 Å². The van der Waals surface area contributed by atoms with Gasteiger partial charge in [-0.1, -0.05) is 30.3 Å². The SMILES string of the molecule is O=C1NC(=O)N(c2ccc3c(c2)OCO3)C(=O)/C1=C\c1cccc(Oc2ccccc2)c1. The summed E-state index contributed by atoms with van der Waals surface area (Å²) in [5.74, 6) is 0.608. The lowest BCUT2D eigenvalue weighted by Gasteiger charge is -2.26. The number of benzene rings is 3. The molecule has 2 heterocycles. The lowest BCUT2D eigenvalue weighted by atomic mass is 10.1. The lowest BCUT2D eigenvalue weighted by molar-refractivity contribution is -0.122. The number of para-hydroxylation sites is 1. The number of barbiturate groups is 1. The number of hydrogen-bond donors (Lipinski definition) is 1. The topological polar surface area (TPSA) is 94.2 Å². The van der Waals surface area contributed by atoms with Crippen LogP contribution in [0.1, 0.15) is 5.56 Å². The molecule has 0 aromatic heterocycles. The first kappa shape index (κ1) is 19.4. The number of nitrogens with zero attached hydrogens (tertiary/aromatic N) is 1. The molecular weight excluding hydrogens is 412 g/mol. The zero-order valence-electron chi connectivity index (χ0n) is 16.6. The Labute approximate surface area is 182 Å². The first-order valence-electron chi connectivity index (χ1n) is 9.72. The fourth-order valence-electron chi connectivity index (χ4n) is 3.38. The zero-order valence-corrected chi connectivity index (χ0v) is 16.6. The van der Waals surface area contributed by atoms with Crippen LogP contribution in [0.2, 0.25) is 0 Å². The largest absolute Gasteiger partial charge is 0.457 e. The van der Waals surface area contributed by atoms with Crippen LogP contribution in [0, 0.1) is 0 Å². The minimum absolute atomic E-state index is 0.0595. The Morgan fingerprint density at radius 1 is 0.844 bits per heavy atom. The van der Waals surface area contributed by atoms with Crippen molar-refractivity contribution < 1.29 is 28.6 Å². The van der Waals surface area contributed by atoms with Crippen LogP contribution in [0.15, 0.2) is 78.4 Å². The van der Waals surface area contributed by atoms with Crippen LogP contribution in [0.5, 0.6) is 23.0 Å². The van der Waals surface area contributed by atoms with Gasteiger partial charge in [0.25, 0.3) is 11.8 Å². The standard InChI is InChI=1S/C24H16N2O6/c27-22-19(12-15-5-4-8-18(11-15)32-17-6-2-1-3-7-17)23(28)26(24(29)25-22)16-9-10-20-21(13-16)31-14-30-20/h1-13H,14H2,(H,25,27,29)/b19-12-. The van der Waals surface area contributed by atoms with E-state index in [4.69, 9.17) is 14.2 Å². The summed E-state index contributed by atoms with van der Waals surface area (Å²) in [5.41, 5.74) is 0.646. The fraction of sp³-hybridized carbons (Fsp3) is 0.0417. The molecule has 1 N–H and O–H groups in total. The molecule has 0 spiro atoms. The highest BCUT2D eigenvalue weighted by atomic mass is 16.7. The van der Waals surface area contributed by atoms with Crippen molar-refractivity contribution in [3.8, 4) is 23.0 Å². The van der Waals surface area contributed by atoms with Gasteiger partial charge >= 0.3 is 6.03 Å². The maximum atomic E-state index is 13.1. The van der Waals surface area contributed by atoms with E-state index in [1.807, 2.05) is 30.3 Å². The highest BCUT2D eigenvalue weighted by Gasteiger charge is 2.37. The van der Waals surface area contributed by atoms with Gasteiger partial charge in [-0.25, -0.2) is 9.69 Å². The van der Waals surface area contributed by atoms with Gasteiger partial charge in [0, 0.05) is 6.07 Å². The van der Waals surface area contributed by atoms with Gasteiger partial charge in [0.1, 0.15) is 17.1 Å². The highest BCUT2D eigenvalue weighted by Crippen LogP contribution is 2.36. The number of rotatable bonds is 4. The minimum atomic E-state index is -0.836. The van der Waals surface area contributed by atoms with Gasteiger partial charge in [0.15, 0.2) is 11.5 Å². The molecule has 8 nitrogen and oxygen atoms in total. The van der Waals surface area contributed by atoms with Gasteiger partial charge < -0.3 is 14.2 Å². The summed E-state index contributed by atoms with van der Waals surface area (Å²) in [5, 5.41) is 2.21. The Morgan fingerprint density at radius 3 is 2.47 bits per heavy atom. The van der Waals surface area contributed by atoms with Crippen molar-refractivity contribution >= 4 is 29.6 Å². The summed E-state index contributed by atoms with van der Waals surface area (Å²) < 4.78 is 16.4. The molecule has 0 bridgehead atoms. The van der Waals surface area contributed by atoms with Crippen LogP contribution in [0.4, 0.5) is 10.5 Å². The summed E-state index contributed by atoms with van der Waals surface area (Å²) in [6.45, 7) is 0.0595. The summed E-state index contributed by atoms with van der Waals surface area (Å²) in [6, 6.07) is 20.0. The number of ether oxygens (including phenoxy) is 3. The number of carbonyl (C=O) groups excluding carboxylic acids is 3. The molecule has 2 aliphatic rings. The number of carbonyl (C=O) groups is 3. The van der Waals surface area contributed by atoms with Crippen molar-refractivity contribution in [1.82, 2.24) is 5.32 Å². The van der Waals surface area contributed by atoms with Crippen molar-refractivity contribution in [2.75, 3.05) is 11.7 Å². The van der Waals surface area contributed by atoms with E-state index >= 15 is 0 Å². The van der Waals surface area contributed by atoms with E-state index in [-0.39, 0.29) is 18.1 Å². The van der Waals surface area contributed by atoms with Gasteiger partial charge in [-0.05, 0) is 48.0 Å². The molecule has 1 saturated heterocycles. The van der Waals surface area contributed by atoms with Crippen molar-refractivity contribution in [3.63, 3.8) is 0 Å². The highest BCUT2D eigenvalue weighted by molar-refractivity contribution is 6.39. The molecule has 3 aromatic rings. The Bertz CT molecular complexity index is 1270. The summed E-state index contributed by atoms with van der Waals surface area (Å²) >= 11 is 0. The van der Waals surface area contributed by atoms with E-state index in [2.05, 4.69) is 5.32 Å². The molecule has 158 valence electrons. The maximum absolute atomic E-state index is 13.1. The van der Waals surface area contributed by atoms with Crippen LogP contribution in [0.3, 0.4) is 0 Å². The average molecular weight is 428 g/mol. The number of amides is 4. The first-order chi connectivity index (χ1) is 15.6. The number of nitrogens with one attached hydrogen (secondary N) is 1. The lowest BCUT2D eigenvalue weighted by Crippen LogP contribution is -2.54. The zero-order chi connectivity index (χ0) is 22.1. The number of urea groups is 1. The van der Waals surface area contributed by atoms with Crippen molar-refractivity contribution in [1.29, 1.82) is 0 Å². The van der Waals surface area contributed by atoms with Crippen molar-refractivity contribution in [2.45, 2.75) is 0 Å². The Hall–Kier alpha value is -4.59. The van der Waals surface area contributed by atoms with Gasteiger partial charge in [-0.3, -0.25) is 14.9 Å². The van der Waals surface area contributed by atoms with Crippen LogP contribution >= 0.6 is 0 Å². The van der Waals surface area contributed by atoms with E-state index in [0.717, 1.165) is 4.90 Å². The maximum Gasteiger partial charge on any atom is 0.335 e. The molecule has 5 rings (SSSR count). The molecule has 0 atom stereocenters. The van der Waals surface area contributed by atoms with Crippen molar-refractivity contribution in [3.05, 3.63) is 83.9 Å². The van der Waals surface area contributed by atoms with E-state index in [0.29, 0.717) is 28.6 Å². The molecule has 1 fully saturated rings. The van der Waals surface area contributed by atoms with E-state index < -0.39 is 17.8 Å². The van der Waals surface area contributed by atoms with Crippen LogP contribution in [0.25, 0.3) is 6.08 Å². The molecule has 32 heavy (non-hydrogen) atoms. The molecular formula is C24H16N2O6. The number of imide groups is 2.